The van der Waals surface area contributed by atoms with Crippen molar-refractivity contribution in [3.05, 3.63) is 54.0 Å². The van der Waals surface area contributed by atoms with Crippen LogP contribution in [-0.4, -0.2) is 30.8 Å². The van der Waals surface area contributed by atoms with Gasteiger partial charge in [0.05, 0.1) is 19.1 Å². The minimum atomic E-state index is -5.24. The number of furan rings is 1. The van der Waals surface area contributed by atoms with Gasteiger partial charge in [0, 0.05) is 0 Å². The average molecular weight is 371 g/mol. The molecule has 0 spiro atoms. The van der Waals surface area contributed by atoms with Crippen LogP contribution >= 0.6 is 0 Å². The second-order valence-electron chi connectivity index (χ2n) is 5.24. The van der Waals surface area contributed by atoms with Crippen LogP contribution in [-0.2, 0) is 9.53 Å². The van der Waals surface area contributed by atoms with Crippen molar-refractivity contribution in [3.8, 4) is 0 Å². The topological polar surface area (TPSA) is 92.6 Å². The molecular weight excluding hydrogens is 355 g/mol. The van der Waals surface area contributed by atoms with E-state index < -0.39 is 29.5 Å². The van der Waals surface area contributed by atoms with Gasteiger partial charge in [-0.15, -0.1) is 0 Å². The summed E-state index contributed by atoms with van der Waals surface area (Å²) < 4.78 is 50.3. The van der Waals surface area contributed by atoms with Crippen molar-refractivity contribution in [2.45, 2.75) is 18.8 Å². The number of hydrazine groups is 1. The van der Waals surface area contributed by atoms with Crippen LogP contribution in [0.25, 0.3) is 0 Å². The molecule has 0 saturated heterocycles. The molecule has 0 fully saturated rings. The molecule has 140 valence electrons. The summed E-state index contributed by atoms with van der Waals surface area (Å²) in [5.74, 6) is -3.41. The predicted octanol–water partition coefficient (Wildman–Crippen LogP) is 2.37. The molecule has 26 heavy (non-hydrogen) atoms. The van der Waals surface area contributed by atoms with Crippen molar-refractivity contribution in [1.82, 2.24) is 10.7 Å². The van der Waals surface area contributed by atoms with Crippen LogP contribution in [0.15, 0.2) is 47.1 Å². The number of methoxy groups -OCH3 is 1. The SMILES string of the molecule is COC(=O)[C@@](NNc1ccccc1C)(NC(=O)c1ccco1)C(F)(F)F. The van der Waals surface area contributed by atoms with Gasteiger partial charge in [-0.2, -0.15) is 18.6 Å². The summed E-state index contributed by atoms with van der Waals surface area (Å²) in [5, 5.41) is 1.61. The lowest BCUT2D eigenvalue weighted by molar-refractivity contribution is -0.216. The Balaban J connectivity index is 2.37. The van der Waals surface area contributed by atoms with Crippen LogP contribution in [0, 0.1) is 6.92 Å². The number of rotatable bonds is 6. The third-order valence-electron chi connectivity index (χ3n) is 3.49. The first-order valence-electron chi connectivity index (χ1n) is 7.31. The normalized spacial score (nSPS) is 13.6. The number of carbonyl (C=O) groups excluding carboxylic acids is 2. The lowest BCUT2D eigenvalue weighted by atomic mass is 10.1. The van der Waals surface area contributed by atoms with Gasteiger partial charge >= 0.3 is 17.8 Å². The summed E-state index contributed by atoms with van der Waals surface area (Å²) in [5.41, 5.74) is 1.50. The van der Waals surface area contributed by atoms with Gasteiger partial charge in [-0.05, 0) is 30.7 Å². The number of hydrogen-bond acceptors (Lipinski definition) is 6. The molecule has 10 heteroatoms. The zero-order chi connectivity index (χ0) is 19.4. The van der Waals surface area contributed by atoms with Crippen LogP contribution in [0.3, 0.4) is 0 Å². The molecule has 2 aromatic rings. The molecule has 0 aliphatic heterocycles. The third-order valence-corrected chi connectivity index (χ3v) is 3.49. The van der Waals surface area contributed by atoms with Crippen LogP contribution in [0.1, 0.15) is 16.1 Å². The Kier molecular flexibility index (Phi) is 5.56. The number of anilines is 1. The van der Waals surface area contributed by atoms with Crippen molar-refractivity contribution in [1.29, 1.82) is 0 Å². The Bertz CT molecular complexity index is 777. The molecule has 1 heterocycles. The molecule has 0 radical (unpaired) electrons. The number of alkyl halides is 3. The zero-order valence-corrected chi connectivity index (χ0v) is 13.8. The fraction of sp³-hybridized carbons (Fsp3) is 0.250. The van der Waals surface area contributed by atoms with Gasteiger partial charge in [0.15, 0.2) is 5.76 Å². The maximum Gasteiger partial charge on any atom is 0.438 e. The van der Waals surface area contributed by atoms with E-state index in [0.29, 0.717) is 5.56 Å². The van der Waals surface area contributed by atoms with Crippen molar-refractivity contribution in [3.63, 3.8) is 0 Å². The Hall–Kier alpha value is -3.01. The van der Waals surface area contributed by atoms with Crippen molar-refractivity contribution in [2.75, 3.05) is 12.5 Å². The molecule has 3 N–H and O–H groups in total. The number of amides is 1. The second-order valence-corrected chi connectivity index (χ2v) is 5.24. The molecular formula is C16H16F3N3O4. The van der Waals surface area contributed by atoms with E-state index in [0.717, 1.165) is 19.4 Å². The lowest BCUT2D eigenvalue weighted by Crippen LogP contribution is -2.73. The molecule has 7 nitrogen and oxygen atoms in total. The number of halogens is 3. The summed E-state index contributed by atoms with van der Waals surface area (Å²) in [7, 11) is 0.775. The number of hydrogen-bond donors (Lipinski definition) is 3. The van der Waals surface area contributed by atoms with E-state index in [1.54, 1.807) is 30.4 Å². The highest BCUT2D eigenvalue weighted by molar-refractivity contribution is 5.96. The number of nitrogens with one attached hydrogen (secondary N) is 3. The molecule has 0 saturated carbocycles. The number of benzene rings is 1. The van der Waals surface area contributed by atoms with Gasteiger partial charge in [0.1, 0.15) is 0 Å². The molecule has 1 aromatic heterocycles. The summed E-state index contributed by atoms with van der Waals surface area (Å²) in [6.07, 6.45) is -4.13. The zero-order valence-electron chi connectivity index (χ0n) is 13.8. The van der Waals surface area contributed by atoms with E-state index in [9.17, 15) is 22.8 Å². The van der Waals surface area contributed by atoms with Crippen molar-refractivity contribution >= 4 is 17.6 Å². The number of carbonyl (C=O) groups is 2. The summed E-state index contributed by atoms with van der Waals surface area (Å²) in [6, 6.07) is 8.90. The first-order valence-corrected chi connectivity index (χ1v) is 7.31. The van der Waals surface area contributed by atoms with Crippen LogP contribution in [0.2, 0.25) is 0 Å². The first-order chi connectivity index (χ1) is 12.2. The minimum absolute atomic E-state index is 0.275. The number of esters is 1. The Labute approximate surface area is 146 Å². The largest absolute Gasteiger partial charge is 0.466 e. The van der Waals surface area contributed by atoms with E-state index in [2.05, 4.69) is 10.2 Å². The number of aryl methyl sites for hydroxylation is 1. The maximum absolute atomic E-state index is 13.8. The van der Waals surface area contributed by atoms with E-state index >= 15 is 0 Å². The lowest BCUT2D eigenvalue weighted by Gasteiger charge is -2.34. The molecule has 0 unspecified atom stereocenters. The highest BCUT2D eigenvalue weighted by Gasteiger charge is 2.63. The van der Waals surface area contributed by atoms with Gasteiger partial charge in [0.25, 0.3) is 5.91 Å². The fourth-order valence-corrected chi connectivity index (χ4v) is 2.06. The van der Waals surface area contributed by atoms with Gasteiger partial charge in [-0.25, -0.2) is 4.79 Å². The molecule has 0 aliphatic carbocycles. The second kappa shape index (κ2) is 7.48. The summed E-state index contributed by atoms with van der Waals surface area (Å²) in [6.45, 7) is 1.65. The Morgan fingerprint density at radius 3 is 2.35 bits per heavy atom. The standard InChI is InChI=1S/C16H16F3N3O4/c1-10-6-3-4-7-11(10)21-22-15(14(24)25-2,16(17,18)19)20-13(23)12-8-5-9-26-12/h3-9,21-22H,1-2H3,(H,20,23)/t15-/m0/s1. The third kappa shape index (κ3) is 3.80. The van der Waals surface area contributed by atoms with Gasteiger partial charge in [0.2, 0.25) is 0 Å². The molecule has 1 atom stereocenters. The van der Waals surface area contributed by atoms with Crippen LogP contribution in [0.4, 0.5) is 18.9 Å². The summed E-state index contributed by atoms with van der Waals surface area (Å²) in [4.78, 5) is 24.1. The van der Waals surface area contributed by atoms with E-state index in [-0.39, 0.29) is 5.69 Å². The molecule has 1 aromatic carbocycles. The average Bonchev–Trinajstić information content (AvgIpc) is 3.12. The van der Waals surface area contributed by atoms with E-state index in [4.69, 9.17) is 4.42 Å². The first kappa shape index (κ1) is 19.3. The highest BCUT2D eigenvalue weighted by atomic mass is 19.4. The Morgan fingerprint density at radius 2 is 1.81 bits per heavy atom. The van der Waals surface area contributed by atoms with Gasteiger partial charge < -0.3 is 19.9 Å². The molecule has 0 aliphatic rings. The van der Waals surface area contributed by atoms with Gasteiger partial charge in [-0.1, -0.05) is 18.2 Å². The van der Waals surface area contributed by atoms with Gasteiger partial charge in [-0.3, -0.25) is 4.79 Å². The monoisotopic (exact) mass is 371 g/mol. The van der Waals surface area contributed by atoms with Crippen molar-refractivity contribution < 1.29 is 31.9 Å². The quantitative estimate of drug-likeness (QED) is 0.410. The maximum atomic E-state index is 13.8. The van der Waals surface area contributed by atoms with Crippen molar-refractivity contribution in [2.24, 2.45) is 0 Å². The predicted molar refractivity (Wildman–Crippen MR) is 84.9 cm³/mol. The fourth-order valence-electron chi connectivity index (χ4n) is 2.06. The number of para-hydroxylation sites is 1. The highest BCUT2D eigenvalue weighted by Crippen LogP contribution is 2.30. The Morgan fingerprint density at radius 1 is 1.12 bits per heavy atom. The van der Waals surface area contributed by atoms with Crippen LogP contribution < -0.4 is 16.2 Å². The smallest absolute Gasteiger partial charge is 0.438 e. The van der Waals surface area contributed by atoms with E-state index in [1.165, 1.54) is 12.1 Å². The summed E-state index contributed by atoms with van der Waals surface area (Å²) >= 11 is 0. The molecule has 1 amide bonds. The van der Waals surface area contributed by atoms with E-state index in [1.807, 2.05) is 5.43 Å². The minimum Gasteiger partial charge on any atom is -0.466 e. The molecule has 0 bridgehead atoms. The van der Waals surface area contributed by atoms with Crippen LogP contribution in [0.5, 0.6) is 0 Å². The number of ether oxygens (including phenoxy) is 1. The molecule has 2 rings (SSSR count).